The first kappa shape index (κ1) is 23.3. The highest BCUT2D eigenvalue weighted by molar-refractivity contribution is 6.29. The Morgan fingerprint density at radius 3 is 2.27 bits per heavy atom. The second-order valence-corrected chi connectivity index (χ2v) is 6.97. The summed E-state index contributed by atoms with van der Waals surface area (Å²) >= 11 is 0. The zero-order valence-corrected chi connectivity index (χ0v) is 18.5. The Kier molecular flexibility index (Phi) is 7.30. The van der Waals surface area contributed by atoms with Crippen LogP contribution in [0.4, 0.5) is 5.88 Å². The molecule has 170 valence electrons. The first-order valence-electron chi connectivity index (χ1n) is 10.2. The van der Waals surface area contributed by atoms with Gasteiger partial charge in [0.2, 0.25) is 5.88 Å². The average molecular weight is 448 g/mol. The molecule has 1 aromatic heterocycles. The quantitative estimate of drug-likeness (QED) is 0.305. The molecule has 8 heteroatoms. The lowest BCUT2D eigenvalue weighted by molar-refractivity contribution is -0.111. The molecule has 3 aromatic rings. The second-order valence-electron chi connectivity index (χ2n) is 6.97. The molecule has 0 spiro atoms. The number of carbonyl (C=O) groups excluding carboxylic acids is 3. The van der Waals surface area contributed by atoms with Crippen LogP contribution >= 0.6 is 0 Å². The Morgan fingerprint density at radius 1 is 1.03 bits per heavy atom. The van der Waals surface area contributed by atoms with Crippen molar-refractivity contribution in [1.29, 1.82) is 0 Å². The van der Waals surface area contributed by atoms with Crippen molar-refractivity contribution in [1.82, 2.24) is 0 Å². The van der Waals surface area contributed by atoms with Crippen molar-refractivity contribution in [2.75, 3.05) is 19.0 Å². The van der Waals surface area contributed by atoms with Gasteiger partial charge in [-0.15, -0.1) is 0 Å². The molecule has 0 aliphatic heterocycles. The molecule has 0 atom stereocenters. The van der Waals surface area contributed by atoms with Crippen LogP contribution in [-0.2, 0) is 9.53 Å². The van der Waals surface area contributed by atoms with Crippen molar-refractivity contribution < 1.29 is 28.3 Å². The van der Waals surface area contributed by atoms with E-state index in [4.69, 9.17) is 19.6 Å². The monoisotopic (exact) mass is 448 g/mol. The van der Waals surface area contributed by atoms with Crippen LogP contribution in [0.5, 0.6) is 5.75 Å². The summed E-state index contributed by atoms with van der Waals surface area (Å²) in [6.07, 6.45) is 1.69. The van der Waals surface area contributed by atoms with Gasteiger partial charge in [-0.05, 0) is 43.2 Å². The summed E-state index contributed by atoms with van der Waals surface area (Å²) in [4.78, 5) is 37.7. The molecule has 0 saturated heterocycles. The molecule has 2 amide bonds. The number of anilines is 1. The van der Waals surface area contributed by atoms with E-state index in [-0.39, 0.29) is 29.4 Å². The maximum Gasteiger partial charge on any atom is 0.342 e. The molecule has 0 saturated carbocycles. The zero-order chi connectivity index (χ0) is 24.0. The number of esters is 1. The van der Waals surface area contributed by atoms with E-state index in [9.17, 15) is 14.4 Å². The summed E-state index contributed by atoms with van der Waals surface area (Å²) in [7, 11) is 1.57. The minimum Gasteiger partial charge on any atom is -0.497 e. The fourth-order valence-electron chi connectivity index (χ4n) is 3.25. The normalized spacial score (nSPS) is 11.1. The van der Waals surface area contributed by atoms with Crippen LogP contribution in [0.15, 0.2) is 59.0 Å². The van der Waals surface area contributed by atoms with Gasteiger partial charge in [0, 0.05) is 5.57 Å². The van der Waals surface area contributed by atoms with E-state index in [1.165, 1.54) is 6.92 Å². The molecule has 0 radical (unpaired) electrons. The standard InChI is InChI=1S/C25H24N2O6/c1-4-32-25(30)20-15(2)33-24(21(20)22(26)28)27-23(29)19(17-8-6-5-7-9-17)14-16-10-12-18(31-3)13-11-16/h5-14H,4H2,1-3H3,(H2,26,28)(H,27,29)/b19-14+. The lowest BCUT2D eigenvalue weighted by Gasteiger charge is -2.10. The van der Waals surface area contributed by atoms with E-state index >= 15 is 0 Å². The van der Waals surface area contributed by atoms with Gasteiger partial charge >= 0.3 is 5.97 Å². The van der Waals surface area contributed by atoms with E-state index in [1.807, 2.05) is 6.07 Å². The van der Waals surface area contributed by atoms with E-state index in [0.717, 1.165) is 5.56 Å². The van der Waals surface area contributed by atoms with Gasteiger partial charge in [-0.25, -0.2) is 4.79 Å². The third kappa shape index (κ3) is 5.30. The highest BCUT2D eigenvalue weighted by Crippen LogP contribution is 2.29. The average Bonchev–Trinajstić information content (AvgIpc) is 3.14. The number of carbonyl (C=O) groups is 3. The molecule has 1 heterocycles. The van der Waals surface area contributed by atoms with Crippen LogP contribution in [0, 0.1) is 6.92 Å². The molecule has 0 unspecified atom stereocenters. The predicted molar refractivity (Wildman–Crippen MR) is 124 cm³/mol. The first-order chi connectivity index (χ1) is 15.8. The van der Waals surface area contributed by atoms with Gasteiger partial charge < -0.3 is 19.6 Å². The highest BCUT2D eigenvalue weighted by atomic mass is 16.5. The van der Waals surface area contributed by atoms with Gasteiger partial charge in [0.15, 0.2) is 0 Å². The number of benzene rings is 2. The summed E-state index contributed by atoms with van der Waals surface area (Å²) in [5, 5.41) is 2.58. The van der Waals surface area contributed by atoms with Gasteiger partial charge in [-0.2, -0.15) is 0 Å². The molecule has 8 nitrogen and oxygen atoms in total. The number of nitrogens with one attached hydrogen (secondary N) is 1. The minimum atomic E-state index is -0.925. The Morgan fingerprint density at radius 2 is 1.70 bits per heavy atom. The molecule has 0 fully saturated rings. The van der Waals surface area contributed by atoms with Crippen LogP contribution in [0.25, 0.3) is 11.6 Å². The lowest BCUT2D eigenvalue weighted by Crippen LogP contribution is -2.20. The number of methoxy groups -OCH3 is 1. The minimum absolute atomic E-state index is 0.103. The Balaban J connectivity index is 2.03. The largest absolute Gasteiger partial charge is 0.497 e. The number of furan rings is 1. The number of primary amides is 1. The highest BCUT2D eigenvalue weighted by Gasteiger charge is 2.29. The number of nitrogens with two attached hydrogens (primary N) is 1. The van der Waals surface area contributed by atoms with Crippen molar-refractivity contribution in [3.8, 4) is 5.75 Å². The number of aryl methyl sites for hydroxylation is 1. The predicted octanol–water partition coefficient (Wildman–Crippen LogP) is 4.05. The van der Waals surface area contributed by atoms with E-state index in [1.54, 1.807) is 68.6 Å². The smallest absolute Gasteiger partial charge is 0.342 e. The first-order valence-corrected chi connectivity index (χ1v) is 10.2. The Bertz CT molecular complexity index is 1190. The van der Waals surface area contributed by atoms with Gasteiger partial charge in [-0.3, -0.25) is 14.9 Å². The molecule has 3 rings (SSSR count). The van der Waals surface area contributed by atoms with Crippen LogP contribution in [0.2, 0.25) is 0 Å². The fourth-order valence-corrected chi connectivity index (χ4v) is 3.25. The Labute approximate surface area is 191 Å². The van der Waals surface area contributed by atoms with E-state index in [0.29, 0.717) is 16.9 Å². The van der Waals surface area contributed by atoms with Crippen LogP contribution in [-0.4, -0.2) is 31.5 Å². The van der Waals surface area contributed by atoms with Crippen molar-refractivity contribution >= 4 is 35.3 Å². The topological polar surface area (TPSA) is 121 Å². The van der Waals surface area contributed by atoms with Crippen molar-refractivity contribution in [3.05, 3.63) is 82.6 Å². The van der Waals surface area contributed by atoms with E-state index < -0.39 is 17.8 Å². The molecule has 0 aliphatic rings. The van der Waals surface area contributed by atoms with Crippen molar-refractivity contribution in [3.63, 3.8) is 0 Å². The number of hydrogen-bond acceptors (Lipinski definition) is 6. The van der Waals surface area contributed by atoms with Crippen LogP contribution in [0.3, 0.4) is 0 Å². The summed E-state index contributed by atoms with van der Waals surface area (Å²) in [6.45, 7) is 3.22. The van der Waals surface area contributed by atoms with Gasteiger partial charge in [-0.1, -0.05) is 42.5 Å². The molecular weight excluding hydrogens is 424 g/mol. The van der Waals surface area contributed by atoms with Crippen molar-refractivity contribution in [2.24, 2.45) is 5.73 Å². The maximum atomic E-state index is 13.3. The third-order valence-corrected chi connectivity index (χ3v) is 4.79. The van der Waals surface area contributed by atoms with Gasteiger partial charge in [0.25, 0.3) is 11.8 Å². The summed E-state index contributed by atoms with van der Waals surface area (Å²) in [6, 6.07) is 16.2. The van der Waals surface area contributed by atoms with Gasteiger partial charge in [0.1, 0.15) is 22.6 Å². The SMILES string of the molecule is CCOC(=O)c1c(C)oc(NC(=O)/C(=C/c2ccc(OC)cc2)c2ccccc2)c1C(N)=O. The molecule has 3 N–H and O–H groups in total. The number of ether oxygens (including phenoxy) is 2. The summed E-state index contributed by atoms with van der Waals surface area (Å²) < 4.78 is 15.7. The third-order valence-electron chi connectivity index (χ3n) is 4.79. The van der Waals surface area contributed by atoms with Crippen LogP contribution < -0.4 is 15.8 Å². The molecule has 2 aromatic carbocycles. The summed E-state index contributed by atoms with van der Waals surface area (Å²) in [5.41, 5.74) is 6.84. The molecule has 0 aliphatic carbocycles. The second kappa shape index (κ2) is 10.3. The lowest BCUT2D eigenvalue weighted by atomic mass is 10.0. The fraction of sp³-hybridized carbons (Fsp3) is 0.160. The summed E-state index contributed by atoms with van der Waals surface area (Å²) in [5.74, 6) is -1.66. The van der Waals surface area contributed by atoms with Crippen molar-refractivity contribution in [2.45, 2.75) is 13.8 Å². The molecule has 33 heavy (non-hydrogen) atoms. The van der Waals surface area contributed by atoms with Crippen LogP contribution in [0.1, 0.15) is 44.5 Å². The maximum absolute atomic E-state index is 13.3. The number of amides is 2. The van der Waals surface area contributed by atoms with E-state index in [2.05, 4.69) is 5.32 Å². The number of rotatable bonds is 8. The molecule has 0 bridgehead atoms. The zero-order valence-electron chi connectivity index (χ0n) is 18.5. The number of hydrogen-bond donors (Lipinski definition) is 2. The van der Waals surface area contributed by atoms with Gasteiger partial charge in [0.05, 0.1) is 13.7 Å². The Hall–Kier alpha value is -4.33. The molecular formula is C25H24N2O6.